The molecule has 2 aromatic carbocycles. The van der Waals surface area contributed by atoms with E-state index in [1.807, 2.05) is 36.4 Å². The molecule has 2 heterocycles. The number of aromatic nitrogens is 1. The van der Waals surface area contributed by atoms with Gasteiger partial charge >= 0.3 is 0 Å². The monoisotopic (exact) mass is 375 g/mol. The molecule has 3 aromatic rings. The van der Waals surface area contributed by atoms with Crippen LogP contribution in [0.25, 0.3) is 22.6 Å². The molecule has 1 aromatic heterocycles. The minimum absolute atomic E-state index is 0.128. The fourth-order valence-corrected chi connectivity index (χ4v) is 3.91. The molecule has 0 fully saturated rings. The van der Waals surface area contributed by atoms with Gasteiger partial charge in [-0.05, 0) is 43.0 Å². The Bertz CT molecular complexity index is 1010. The Morgan fingerprint density at radius 2 is 1.79 bits per heavy atom. The number of benzene rings is 2. The van der Waals surface area contributed by atoms with Crippen molar-refractivity contribution < 1.29 is 14.1 Å². The summed E-state index contributed by atoms with van der Waals surface area (Å²) < 4.78 is 11.8. The van der Waals surface area contributed by atoms with E-state index in [-0.39, 0.29) is 11.4 Å². The van der Waals surface area contributed by atoms with Gasteiger partial charge in [-0.2, -0.15) is 0 Å². The number of carbonyl (C=O) groups excluding carboxylic acids is 1. The van der Waals surface area contributed by atoms with Crippen molar-refractivity contribution in [1.82, 2.24) is 5.16 Å². The van der Waals surface area contributed by atoms with Gasteiger partial charge in [0.1, 0.15) is 17.0 Å². The molecule has 4 heteroatoms. The number of aryl methyl sites for hydroxylation is 1. The first-order chi connectivity index (χ1) is 13.6. The molecule has 0 bridgehead atoms. The predicted octanol–water partition coefficient (Wildman–Crippen LogP) is 6.10. The van der Waals surface area contributed by atoms with E-state index in [0.717, 1.165) is 36.1 Å². The second-order valence-electron chi connectivity index (χ2n) is 7.39. The maximum Gasteiger partial charge on any atom is 0.170 e. The second-order valence-corrected chi connectivity index (χ2v) is 7.39. The highest BCUT2D eigenvalue weighted by Gasteiger charge is 2.37. The number of hydrogen-bond donors (Lipinski definition) is 0. The smallest absolute Gasteiger partial charge is 0.170 e. The molecular weight excluding hydrogens is 350 g/mol. The Kier molecular flexibility index (Phi) is 4.80. The van der Waals surface area contributed by atoms with E-state index < -0.39 is 0 Å². The molecule has 0 unspecified atom stereocenters. The summed E-state index contributed by atoms with van der Waals surface area (Å²) >= 11 is 0. The molecule has 0 saturated heterocycles. The first-order valence-electron chi connectivity index (χ1n) is 10.0. The van der Waals surface area contributed by atoms with Crippen LogP contribution in [0, 0.1) is 0 Å². The van der Waals surface area contributed by atoms with Crippen LogP contribution in [0.1, 0.15) is 56.0 Å². The number of hydrogen-bond acceptors (Lipinski definition) is 4. The summed E-state index contributed by atoms with van der Waals surface area (Å²) in [6.07, 6.45) is 2.99. The number of carbonyl (C=O) groups is 1. The van der Waals surface area contributed by atoms with Crippen LogP contribution in [0.5, 0.6) is 5.75 Å². The van der Waals surface area contributed by atoms with Crippen LogP contribution >= 0.6 is 0 Å². The van der Waals surface area contributed by atoms with Gasteiger partial charge in [0.2, 0.25) is 0 Å². The Balaban J connectivity index is 1.68. The van der Waals surface area contributed by atoms with Crippen molar-refractivity contribution >= 4 is 5.78 Å². The first-order valence-corrected chi connectivity index (χ1v) is 10.0. The fourth-order valence-electron chi connectivity index (χ4n) is 3.91. The van der Waals surface area contributed by atoms with Crippen molar-refractivity contribution in [3.05, 3.63) is 59.7 Å². The van der Waals surface area contributed by atoms with Crippen LogP contribution in [0.2, 0.25) is 0 Å². The van der Waals surface area contributed by atoms with Crippen LogP contribution in [0.3, 0.4) is 0 Å². The van der Waals surface area contributed by atoms with Gasteiger partial charge in [0.25, 0.3) is 0 Å². The maximum absolute atomic E-state index is 12.8. The summed E-state index contributed by atoms with van der Waals surface area (Å²) in [4.78, 5) is 12.8. The zero-order valence-electron chi connectivity index (χ0n) is 16.6. The SMILES string of the molecule is CCc1ccccc1-c1cc(-c2ccc3c(c2)C(=O)CC(CC)(CC)O3)on1. The van der Waals surface area contributed by atoms with Crippen LogP contribution in [0.15, 0.2) is 53.1 Å². The molecule has 1 aliphatic heterocycles. The third-order valence-corrected chi connectivity index (χ3v) is 5.85. The minimum Gasteiger partial charge on any atom is -0.486 e. The Morgan fingerprint density at radius 3 is 2.54 bits per heavy atom. The lowest BCUT2D eigenvalue weighted by molar-refractivity contribution is 0.0350. The molecule has 0 amide bonds. The molecule has 0 spiro atoms. The normalized spacial score (nSPS) is 15.2. The van der Waals surface area contributed by atoms with Gasteiger partial charge in [0.15, 0.2) is 11.5 Å². The summed E-state index contributed by atoms with van der Waals surface area (Å²) in [5.74, 6) is 1.45. The second kappa shape index (κ2) is 7.27. The lowest BCUT2D eigenvalue weighted by Gasteiger charge is -2.36. The van der Waals surface area contributed by atoms with Crippen molar-refractivity contribution in [2.24, 2.45) is 0 Å². The van der Waals surface area contributed by atoms with Crippen molar-refractivity contribution in [3.8, 4) is 28.3 Å². The Hall–Kier alpha value is -2.88. The molecule has 0 saturated carbocycles. The molecule has 0 radical (unpaired) electrons. The van der Waals surface area contributed by atoms with E-state index in [4.69, 9.17) is 9.26 Å². The van der Waals surface area contributed by atoms with Gasteiger partial charge in [-0.25, -0.2) is 0 Å². The van der Waals surface area contributed by atoms with Gasteiger partial charge in [0.05, 0.1) is 12.0 Å². The van der Waals surface area contributed by atoms with Crippen LogP contribution < -0.4 is 4.74 Å². The van der Waals surface area contributed by atoms with E-state index in [2.05, 4.69) is 38.1 Å². The molecule has 28 heavy (non-hydrogen) atoms. The molecule has 4 nitrogen and oxygen atoms in total. The summed E-state index contributed by atoms with van der Waals surface area (Å²) in [6, 6.07) is 15.8. The molecule has 1 aliphatic rings. The molecule has 0 N–H and O–H groups in total. The van der Waals surface area contributed by atoms with E-state index in [1.165, 1.54) is 5.56 Å². The third-order valence-electron chi connectivity index (χ3n) is 5.85. The van der Waals surface area contributed by atoms with Crippen molar-refractivity contribution in [2.75, 3.05) is 0 Å². The summed E-state index contributed by atoms with van der Waals surface area (Å²) in [6.45, 7) is 6.27. The standard InChI is InChI=1S/C24H25NO3/c1-4-16-9-7-8-10-18(16)20-14-23(28-25-20)17-11-12-22-19(13-17)21(26)15-24(5-2,6-3)27-22/h7-14H,4-6,15H2,1-3H3. The maximum atomic E-state index is 12.8. The van der Waals surface area contributed by atoms with Crippen LogP contribution in [-0.4, -0.2) is 16.5 Å². The third kappa shape index (κ3) is 3.13. The highest BCUT2D eigenvalue weighted by atomic mass is 16.5. The average Bonchev–Trinajstić information content (AvgIpc) is 3.23. The average molecular weight is 375 g/mol. The zero-order valence-corrected chi connectivity index (χ0v) is 16.6. The van der Waals surface area contributed by atoms with E-state index >= 15 is 0 Å². The molecule has 4 rings (SSSR count). The van der Waals surface area contributed by atoms with E-state index in [1.54, 1.807) is 0 Å². The van der Waals surface area contributed by atoms with Crippen LogP contribution in [-0.2, 0) is 6.42 Å². The van der Waals surface area contributed by atoms with E-state index in [9.17, 15) is 4.79 Å². The Morgan fingerprint density at radius 1 is 1.00 bits per heavy atom. The quantitative estimate of drug-likeness (QED) is 0.541. The molecule has 0 aliphatic carbocycles. The highest BCUT2D eigenvalue weighted by Crippen LogP contribution is 2.39. The van der Waals surface area contributed by atoms with Gasteiger partial charge in [-0.15, -0.1) is 0 Å². The summed E-state index contributed by atoms with van der Waals surface area (Å²) in [7, 11) is 0. The molecule has 144 valence electrons. The lowest BCUT2D eigenvalue weighted by atomic mass is 9.85. The van der Waals surface area contributed by atoms with Crippen molar-refractivity contribution in [3.63, 3.8) is 0 Å². The first kappa shape index (κ1) is 18.5. The molecular formula is C24H25NO3. The van der Waals surface area contributed by atoms with Gasteiger partial charge < -0.3 is 9.26 Å². The zero-order chi connectivity index (χ0) is 19.7. The summed E-state index contributed by atoms with van der Waals surface area (Å²) in [5, 5.41) is 4.26. The number of ether oxygens (including phenoxy) is 1. The highest BCUT2D eigenvalue weighted by molar-refractivity contribution is 6.01. The number of Topliss-reactive ketones (excluding diaryl/α,β-unsaturated/α-hetero) is 1. The number of fused-ring (bicyclic) bond motifs is 1. The van der Waals surface area contributed by atoms with Gasteiger partial charge in [-0.3, -0.25) is 4.79 Å². The topological polar surface area (TPSA) is 52.3 Å². The van der Waals surface area contributed by atoms with Crippen LogP contribution in [0.4, 0.5) is 0 Å². The number of nitrogens with zero attached hydrogens (tertiary/aromatic N) is 1. The van der Waals surface area contributed by atoms with Crippen molar-refractivity contribution in [1.29, 1.82) is 0 Å². The minimum atomic E-state index is -0.380. The van der Waals surface area contributed by atoms with Gasteiger partial charge in [-0.1, -0.05) is 50.2 Å². The summed E-state index contributed by atoms with van der Waals surface area (Å²) in [5.41, 5.74) is 4.20. The number of ketones is 1. The molecule has 0 atom stereocenters. The van der Waals surface area contributed by atoms with E-state index in [0.29, 0.717) is 23.5 Å². The fraction of sp³-hybridized carbons (Fsp3) is 0.333. The van der Waals surface area contributed by atoms with Gasteiger partial charge in [0, 0.05) is 17.2 Å². The van der Waals surface area contributed by atoms with Crippen molar-refractivity contribution in [2.45, 2.75) is 52.1 Å². The largest absolute Gasteiger partial charge is 0.486 e. The Labute approximate surface area is 165 Å². The number of rotatable bonds is 5. The lowest BCUT2D eigenvalue weighted by Crippen LogP contribution is -2.40. The predicted molar refractivity (Wildman–Crippen MR) is 110 cm³/mol.